The van der Waals surface area contributed by atoms with Crippen LogP contribution in [-0.2, 0) is 4.79 Å². The number of benzene rings is 1. The van der Waals surface area contributed by atoms with Crippen molar-refractivity contribution >= 4 is 28.1 Å². The summed E-state index contributed by atoms with van der Waals surface area (Å²) in [6.07, 6.45) is 4.69. The van der Waals surface area contributed by atoms with Gasteiger partial charge in [-0.3, -0.25) is 4.79 Å². The smallest absolute Gasteiger partial charge is 0.260 e. The molecule has 1 aromatic carbocycles. The number of nitrogens with zero attached hydrogens (tertiary/aromatic N) is 2. The van der Waals surface area contributed by atoms with E-state index in [1.807, 2.05) is 46.8 Å². The first-order valence-corrected chi connectivity index (χ1v) is 11.4. The second-order valence-electron chi connectivity index (χ2n) is 7.96. The molecule has 2 unspecified atom stereocenters. The number of hydrogen-bond acceptors (Lipinski definition) is 4. The van der Waals surface area contributed by atoms with Crippen LogP contribution in [0.4, 0.5) is 14.6 Å². The summed E-state index contributed by atoms with van der Waals surface area (Å²) in [6.45, 7) is 13.5. The van der Waals surface area contributed by atoms with Crippen LogP contribution in [0.3, 0.4) is 0 Å². The van der Waals surface area contributed by atoms with Crippen LogP contribution in [0.25, 0.3) is 16.3 Å². The number of aromatic nitrogens is 1. The highest BCUT2D eigenvalue weighted by Crippen LogP contribution is 2.49. The van der Waals surface area contributed by atoms with Crippen LogP contribution in [0, 0.1) is 17.2 Å². The number of carbonyl (C=O) groups excluding carboxylic acids is 1. The van der Waals surface area contributed by atoms with E-state index in [9.17, 15) is 23.9 Å². The summed E-state index contributed by atoms with van der Waals surface area (Å²) in [5.74, 6) is -4.86. The molecule has 1 aromatic heterocycles. The van der Waals surface area contributed by atoms with Gasteiger partial charge in [-0.2, -0.15) is 5.26 Å². The van der Waals surface area contributed by atoms with Crippen LogP contribution >= 0.6 is 0 Å². The molecule has 2 atom stereocenters. The van der Waals surface area contributed by atoms with Gasteiger partial charge < -0.3 is 10.4 Å². The highest BCUT2D eigenvalue weighted by atomic mass is 19.3. The summed E-state index contributed by atoms with van der Waals surface area (Å²) >= 11 is 0. The first-order chi connectivity index (χ1) is 16.1. The number of nitrogens with one attached hydrogen (secondary N) is 1. The molecule has 1 fully saturated rings. The zero-order chi connectivity index (χ0) is 25.6. The van der Waals surface area contributed by atoms with Gasteiger partial charge in [-0.15, -0.1) is 0 Å². The number of halogens is 2. The van der Waals surface area contributed by atoms with Crippen molar-refractivity contribution in [3.05, 3.63) is 65.4 Å². The molecule has 0 radical (unpaired) electrons. The standard InChI is InChI=1S/C25H25F2N3O2.C2H6/c1-5-19(14(3)7-15(4)22(31)6-2)20-9-18-13-29-23(10-16(18)8-17(20)12-28)30-24(32)21-11-25(21,26)27;1-2/h5,7-10,13,21-22,31H,4,6,11H2,1-3H3,(H,29,30,32);1-2H3/b14-7-,19-5+;. The Balaban J connectivity index is 0.00000199. The molecule has 0 bridgehead atoms. The Morgan fingerprint density at radius 2 is 2.03 bits per heavy atom. The van der Waals surface area contributed by atoms with Gasteiger partial charge in [0.15, 0.2) is 0 Å². The third kappa shape index (κ3) is 5.95. The van der Waals surface area contributed by atoms with Gasteiger partial charge >= 0.3 is 0 Å². The van der Waals surface area contributed by atoms with Crippen LogP contribution in [0.5, 0.6) is 0 Å². The third-order valence-electron chi connectivity index (χ3n) is 5.59. The second kappa shape index (κ2) is 11.2. The number of amides is 1. The summed E-state index contributed by atoms with van der Waals surface area (Å²) in [6, 6.07) is 7.27. The minimum Gasteiger partial charge on any atom is -0.388 e. The van der Waals surface area contributed by atoms with Crippen LogP contribution in [0.1, 0.15) is 58.6 Å². The lowest BCUT2D eigenvalue weighted by Crippen LogP contribution is -2.18. The van der Waals surface area contributed by atoms with Crippen molar-refractivity contribution in [3.8, 4) is 6.07 Å². The zero-order valence-corrected chi connectivity index (χ0v) is 20.2. The molecule has 1 heterocycles. The Bertz CT molecular complexity index is 1190. The maximum Gasteiger partial charge on any atom is 0.260 e. The summed E-state index contributed by atoms with van der Waals surface area (Å²) in [5, 5.41) is 23.6. The molecule has 5 nitrogen and oxygen atoms in total. The number of pyridine rings is 1. The van der Waals surface area contributed by atoms with Gasteiger partial charge in [-0.25, -0.2) is 13.8 Å². The molecule has 34 heavy (non-hydrogen) atoms. The average Bonchev–Trinajstić information content (AvgIpc) is 3.47. The zero-order valence-electron chi connectivity index (χ0n) is 20.2. The largest absolute Gasteiger partial charge is 0.388 e. The lowest BCUT2D eigenvalue weighted by molar-refractivity contribution is -0.119. The van der Waals surface area contributed by atoms with E-state index in [1.165, 1.54) is 6.20 Å². The van der Waals surface area contributed by atoms with E-state index in [1.54, 1.807) is 18.2 Å². The normalized spacial score (nSPS) is 17.8. The molecule has 0 saturated heterocycles. The van der Waals surface area contributed by atoms with E-state index in [0.29, 0.717) is 28.5 Å². The number of carbonyl (C=O) groups is 1. The number of nitriles is 1. The van der Waals surface area contributed by atoms with E-state index in [-0.39, 0.29) is 5.82 Å². The maximum atomic E-state index is 13.1. The van der Waals surface area contributed by atoms with Gasteiger partial charge in [0.25, 0.3) is 5.92 Å². The molecule has 1 aliphatic rings. The summed E-state index contributed by atoms with van der Waals surface area (Å²) in [7, 11) is 0. The predicted molar refractivity (Wildman–Crippen MR) is 132 cm³/mol. The fraction of sp³-hybridized carbons (Fsp3) is 0.370. The molecule has 180 valence electrons. The van der Waals surface area contributed by atoms with Crippen LogP contribution in [-0.4, -0.2) is 28.0 Å². The van der Waals surface area contributed by atoms with Crippen molar-refractivity contribution in [2.24, 2.45) is 5.92 Å². The molecular weight excluding hydrogens is 436 g/mol. The number of aliphatic hydroxyl groups excluding tert-OH is 1. The van der Waals surface area contributed by atoms with Gasteiger partial charge in [-0.05, 0) is 60.6 Å². The van der Waals surface area contributed by atoms with Gasteiger partial charge in [0.1, 0.15) is 11.7 Å². The predicted octanol–water partition coefficient (Wildman–Crippen LogP) is 6.40. The summed E-state index contributed by atoms with van der Waals surface area (Å²) in [5.41, 5.74) is 3.37. The molecule has 0 spiro atoms. The van der Waals surface area contributed by atoms with Crippen molar-refractivity contribution < 1.29 is 18.7 Å². The molecular formula is C27H31F2N3O2. The summed E-state index contributed by atoms with van der Waals surface area (Å²) < 4.78 is 26.2. The van der Waals surface area contributed by atoms with Crippen LogP contribution < -0.4 is 5.32 Å². The molecule has 1 amide bonds. The Morgan fingerprint density at radius 1 is 1.38 bits per heavy atom. The third-order valence-corrected chi connectivity index (χ3v) is 5.59. The van der Waals surface area contributed by atoms with E-state index in [2.05, 4.69) is 22.9 Å². The minimum atomic E-state index is -2.95. The van der Waals surface area contributed by atoms with Gasteiger partial charge in [0, 0.05) is 23.6 Å². The monoisotopic (exact) mass is 467 g/mol. The number of allylic oxidation sites excluding steroid dienone is 3. The Kier molecular flexibility index (Phi) is 8.83. The Labute approximate surface area is 199 Å². The number of alkyl halides is 2. The number of anilines is 1. The average molecular weight is 468 g/mol. The first kappa shape index (κ1) is 26.9. The van der Waals surface area contributed by atoms with Crippen molar-refractivity contribution in [3.63, 3.8) is 0 Å². The van der Waals surface area contributed by atoms with Gasteiger partial charge in [-0.1, -0.05) is 39.5 Å². The van der Waals surface area contributed by atoms with E-state index in [4.69, 9.17) is 0 Å². The molecule has 1 saturated carbocycles. The Morgan fingerprint density at radius 3 is 2.56 bits per heavy atom. The topological polar surface area (TPSA) is 86.0 Å². The van der Waals surface area contributed by atoms with Gasteiger partial charge in [0.2, 0.25) is 5.91 Å². The molecule has 3 rings (SSSR count). The van der Waals surface area contributed by atoms with Crippen molar-refractivity contribution in [2.75, 3.05) is 5.32 Å². The SMILES string of the molecule is C=C(/C=C(C)\C(=C/C)c1cc2cnc(NC(=O)C3CC3(F)F)cc2cc1C#N)C(O)CC.CC. The molecule has 7 heteroatoms. The second-order valence-corrected chi connectivity index (χ2v) is 7.96. The molecule has 0 aliphatic heterocycles. The molecule has 2 aromatic rings. The van der Waals surface area contributed by atoms with Crippen molar-refractivity contribution in [2.45, 2.75) is 59.5 Å². The minimum absolute atomic E-state index is 0.161. The quantitative estimate of drug-likeness (QED) is 0.461. The fourth-order valence-corrected chi connectivity index (χ4v) is 3.60. The lowest BCUT2D eigenvalue weighted by atomic mass is 9.91. The van der Waals surface area contributed by atoms with E-state index in [0.717, 1.165) is 16.5 Å². The van der Waals surface area contributed by atoms with Crippen LogP contribution in [0.15, 0.2) is 54.3 Å². The number of hydrogen-bond donors (Lipinski definition) is 2. The van der Waals surface area contributed by atoms with Gasteiger partial charge in [0.05, 0.1) is 17.7 Å². The number of rotatable bonds is 7. The fourth-order valence-electron chi connectivity index (χ4n) is 3.60. The first-order valence-electron chi connectivity index (χ1n) is 11.4. The van der Waals surface area contributed by atoms with E-state index < -0.39 is 30.3 Å². The molecule has 2 N–H and O–H groups in total. The molecule has 1 aliphatic carbocycles. The Hall–Kier alpha value is -3.37. The number of fused-ring (bicyclic) bond motifs is 1. The van der Waals surface area contributed by atoms with Crippen molar-refractivity contribution in [1.82, 2.24) is 4.98 Å². The number of aliphatic hydroxyl groups is 1. The summed E-state index contributed by atoms with van der Waals surface area (Å²) in [4.78, 5) is 16.1. The van der Waals surface area contributed by atoms with Crippen LogP contribution in [0.2, 0.25) is 0 Å². The lowest BCUT2D eigenvalue weighted by Gasteiger charge is -2.14. The van der Waals surface area contributed by atoms with Crippen molar-refractivity contribution in [1.29, 1.82) is 5.26 Å². The highest BCUT2D eigenvalue weighted by molar-refractivity contribution is 5.97. The van der Waals surface area contributed by atoms with E-state index >= 15 is 0 Å². The maximum absolute atomic E-state index is 13.1. The highest BCUT2D eigenvalue weighted by Gasteiger charge is 2.61.